The van der Waals surface area contributed by atoms with Gasteiger partial charge in [0.1, 0.15) is 6.04 Å². The monoisotopic (exact) mass is 216 g/mol. The molecular weight excluding hydrogens is 200 g/mol. The number of hydrogen-bond donors (Lipinski definition) is 1. The number of nitrogens with two attached hydrogens (primary N) is 1. The molecule has 2 unspecified atom stereocenters. The van der Waals surface area contributed by atoms with Crippen molar-refractivity contribution in [3.63, 3.8) is 0 Å². The third kappa shape index (κ3) is 2.22. The SMILES string of the molecule is COC(=O)C(C)N1CCCC1C(N)=S. The molecule has 0 spiro atoms. The Hall–Kier alpha value is -0.680. The Kier molecular flexibility index (Phi) is 3.83. The fourth-order valence-electron chi connectivity index (χ4n) is 1.86. The quantitative estimate of drug-likeness (QED) is 0.543. The Morgan fingerprint density at radius 1 is 1.71 bits per heavy atom. The zero-order chi connectivity index (χ0) is 10.7. The van der Waals surface area contributed by atoms with Crippen molar-refractivity contribution >= 4 is 23.2 Å². The first kappa shape index (κ1) is 11.4. The standard InChI is InChI=1S/C9H16N2O2S/c1-6(9(12)13-2)11-5-3-4-7(11)8(10)14/h6-7H,3-5H2,1-2H3,(H2,10,14). The molecule has 4 nitrogen and oxygen atoms in total. The molecule has 0 amide bonds. The van der Waals surface area contributed by atoms with Crippen molar-refractivity contribution < 1.29 is 9.53 Å². The number of hydrogen-bond acceptors (Lipinski definition) is 4. The summed E-state index contributed by atoms with van der Waals surface area (Å²) in [4.78, 5) is 13.8. The number of carbonyl (C=O) groups excluding carboxylic acids is 1. The Morgan fingerprint density at radius 2 is 2.36 bits per heavy atom. The van der Waals surface area contributed by atoms with Crippen LogP contribution >= 0.6 is 12.2 Å². The van der Waals surface area contributed by atoms with Gasteiger partial charge >= 0.3 is 5.97 Å². The molecule has 0 bridgehead atoms. The summed E-state index contributed by atoms with van der Waals surface area (Å²) in [6.45, 7) is 2.68. The van der Waals surface area contributed by atoms with Crippen molar-refractivity contribution in [3.8, 4) is 0 Å². The summed E-state index contributed by atoms with van der Waals surface area (Å²) >= 11 is 4.96. The minimum Gasteiger partial charge on any atom is -0.468 e. The van der Waals surface area contributed by atoms with Crippen LogP contribution in [0, 0.1) is 0 Å². The zero-order valence-electron chi connectivity index (χ0n) is 8.53. The molecule has 0 aromatic heterocycles. The highest BCUT2D eigenvalue weighted by atomic mass is 32.1. The summed E-state index contributed by atoms with van der Waals surface area (Å²) in [6, 6.07) is -0.201. The van der Waals surface area contributed by atoms with E-state index in [4.69, 9.17) is 18.0 Å². The lowest BCUT2D eigenvalue weighted by Gasteiger charge is -2.27. The number of nitrogens with zero attached hydrogens (tertiary/aromatic N) is 1. The summed E-state index contributed by atoms with van der Waals surface area (Å²) in [5.74, 6) is -0.229. The molecule has 2 atom stereocenters. The van der Waals surface area contributed by atoms with Crippen molar-refractivity contribution in [3.05, 3.63) is 0 Å². The second-order valence-electron chi connectivity index (χ2n) is 3.50. The van der Waals surface area contributed by atoms with Gasteiger partial charge in [0.15, 0.2) is 0 Å². The number of carbonyl (C=O) groups is 1. The average molecular weight is 216 g/mol. The van der Waals surface area contributed by atoms with E-state index in [2.05, 4.69) is 4.74 Å². The van der Waals surface area contributed by atoms with Gasteiger partial charge in [0.25, 0.3) is 0 Å². The van der Waals surface area contributed by atoms with E-state index in [1.54, 1.807) is 0 Å². The highest BCUT2D eigenvalue weighted by Gasteiger charge is 2.33. The number of esters is 1. The molecule has 0 saturated carbocycles. The molecule has 1 saturated heterocycles. The molecular formula is C9H16N2O2S. The largest absolute Gasteiger partial charge is 0.468 e. The highest BCUT2D eigenvalue weighted by Crippen LogP contribution is 2.20. The molecule has 1 fully saturated rings. The van der Waals surface area contributed by atoms with Gasteiger partial charge in [0.05, 0.1) is 18.1 Å². The molecule has 0 aromatic rings. The number of thiocarbonyl (C=S) groups is 1. The highest BCUT2D eigenvalue weighted by molar-refractivity contribution is 7.80. The van der Waals surface area contributed by atoms with Gasteiger partial charge in [-0.15, -0.1) is 0 Å². The van der Waals surface area contributed by atoms with E-state index >= 15 is 0 Å². The van der Waals surface area contributed by atoms with Gasteiger partial charge in [-0.1, -0.05) is 12.2 Å². The first-order valence-corrected chi connectivity index (χ1v) is 5.11. The Labute approximate surface area is 89.4 Å². The number of rotatable bonds is 3. The van der Waals surface area contributed by atoms with Crippen LogP contribution in [0.1, 0.15) is 19.8 Å². The van der Waals surface area contributed by atoms with Crippen molar-refractivity contribution in [1.29, 1.82) is 0 Å². The Balaban J connectivity index is 2.66. The molecule has 1 rings (SSSR count). The van der Waals surface area contributed by atoms with Crippen LogP contribution in [0.5, 0.6) is 0 Å². The topological polar surface area (TPSA) is 55.6 Å². The van der Waals surface area contributed by atoms with Crippen LogP contribution in [-0.4, -0.2) is 41.6 Å². The predicted molar refractivity (Wildman–Crippen MR) is 58.0 cm³/mol. The van der Waals surface area contributed by atoms with Gasteiger partial charge in [0.2, 0.25) is 0 Å². The van der Waals surface area contributed by atoms with Crippen LogP contribution < -0.4 is 5.73 Å². The maximum absolute atomic E-state index is 11.3. The molecule has 0 radical (unpaired) electrons. The molecule has 0 aliphatic carbocycles. The maximum atomic E-state index is 11.3. The van der Waals surface area contributed by atoms with E-state index in [9.17, 15) is 4.79 Å². The van der Waals surface area contributed by atoms with E-state index in [0.717, 1.165) is 19.4 Å². The van der Waals surface area contributed by atoms with Crippen molar-refractivity contribution in [2.45, 2.75) is 31.8 Å². The normalized spacial score (nSPS) is 24.6. The second-order valence-corrected chi connectivity index (χ2v) is 3.97. The van der Waals surface area contributed by atoms with Crippen LogP contribution in [0.2, 0.25) is 0 Å². The summed E-state index contributed by atoms with van der Waals surface area (Å²) in [6.07, 6.45) is 1.97. The minimum absolute atomic E-state index is 0.0547. The van der Waals surface area contributed by atoms with E-state index < -0.39 is 0 Å². The van der Waals surface area contributed by atoms with E-state index in [0.29, 0.717) is 4.99 Å². The smallest absolute Gasteiger partial charge is 0.322 e. The lowest BCUT2D eigenvalue weighted by Crippen LogP contribution is -2.47. The lowest BCUT2D eigenvalue weighted by atomic mass is 10.2. The van der Waals surface area contributed by atoms with Crippen LogP contribution in [0.4, 0.5) is 0 Å². The van der Waals surface area contributed by atoms with E-state index in [1.807, 2.05) is 11.8 Å². The van der Waals surface area contributed by atoms with Gasteiger partial charge in [-0.2, -0.15) is 0 Å². The number of likely N-dealkylation sites (tertiary alicyclic amines) is 1. The third-order valence-electron chi connectivity index (χ3n) is 2.66. The van der Waals surface area contributed by atoms with Crippen molar-refractivity contribution in [2.75, 3.05) is 13.7 Å². The minimum atomic E-state index is -0.256. The number of ether oxygens (including phenoxy) is 1. The first-order chi connectivity index (χ1) is 6.57. The molecule has 0 aromatic carbocycles. The van der Waals surface area contributed by atoms with Crippen molar-refractivity contribution in [2.24, 2.45) is 5.73 Å². The Bertz CT molecular complexity index is 245. The molecule has 1 aliphatic rings. The van der Waals surface area contributed by atoms with Gasteiger partial charge in [-0.25, -0.2) is 0 Å². The second kappa shape index (κ2) is 4.70. The van der Waals surface area contributed by atoms with E-state index in [-0.39, 0.29) is 18.1 Å². The fourth-order valence-corrected chi connectivity index (χ4v) is 2.12. The maximum Gasteiger partial charge on any atom is 0.322 e. The summed E-state index contributed by atoms with van der Waals surface area (Å²) in [5.41, 5.74) is 5.61. The van der Waals surface area contributed by atoms with Crippen LogP contribution in [-0.2, 0) is 9.53 Å². The summed E-state index contributed by atoms with van der Waals surface area (Å²) < 4.78 is 4.69. The molecule has 80 valence electrons. The lowest BCUT2D eigenvalue weighted by molar-refractivity contribution is -0.146. The average Bonchev–Trinajstić information content (AvgIpc) is 2.63. The zero-order valence-corrected chi connectivity index (χ0v) is 9.34. The third-order valence-corrected chi connectivity index (χ3v) is 2.93. The Morgan fingerprint density at radius 3 is 2.86 bits per heavy atom. The van der Waals surface area contributed by atoms with Crippen LogP contribution in [0.25, 0.3) is 0 Å². The number of methoxy groups -OCH3 is 1. The molecule has 1 aliphatic heterocycles. The van der Waals surface area contributed by atoms with Gasteiger partial charge < -0.3 is 10.5 Å². The van der Waals surface area contributed by atoms with E-state index in [1.165, 1.54) is 7.11 Å². The fraction of sp³-hybridized carbons (Fsp3) is 0.778. The molecule has 2 N–H and O–H groups in total. The molecule has 14 heavy (non-hydrogen) atoms. The predicted octanol–water partition coefficient (Wildman–Crippen LogP) is 0.298. The van der Waals surface area contributed by atoms with Gasteiger partial charge in [-0.3, -0.25) is 9.69 Å². The molecule has 1 heterocycles. The van der Waals surface area contributed by atoms with Gasteiger partial charge in [-0.05, 0) is 26.3 Å². The van der Waals surface area contributed by atoms with Crippen molar-refractivity contribution in [1.82, 2.24) is 4.90 Å². The van der Waals surface area contributed by atoms with Crippen LogP contribution in [0.3, 0.4) is 0 Å². The summed E-state index contributed by atoms with van der Waals surface area (Å²) in [7, 11) is 1.39. The summed E-state index contributed by atoms with van der Waals surface area (Å²) in [5, 5.41) is 0. The first-order valence-electron chi connectivity index (χ1n) is 4.70. The van der Waals surface area contributed by atoms with Gasteiger partial charge in [0, 0.05) is 0 Å². The van der Waals surface area contributed by atoms with Crippen LogP contribution in [0.15, 0.2) is 0 Å². The molecule has 5 heteroatoms.